The van der Waals surface area contributed by atoms with Crippen molar-refractivity contribution in [3.8, 4) is 5.75 Å². The Bertz CT molecular complexity index is 493. The smallest absolute Gasteiger partial charge is 0.235 e. The first-order chi connectivity index (χ1) is 11.1. The standard InChI is InChI=1S/C18H31ClNO3Si/c1-14(11-18(2,3)4)20(23-24(5)6)12-16(21)13-22-17-9-7-8-15(19)10-17/h7-10,14,16,21H,11-13H2,1-6H3/t14-,16+/m1/s1. The largest absolute Gasteiger partial charge is 0.491 e. The molecule has 0 aliphatic rings. The van der Waals surface area contributed by atoms with E-state index in [0.717, 1.165) is 6.42 Å². The van der Waals surface area contributed by atoms with Crippen molar-refractivity contribution in [1.29, 1.82) is 0 Å². The first-order valence-electron chi connectivity index (χ1n) is 8.38. The Balaban J connectivity index is 2.58. The molecule has 0 spiro atoms. The summed E-state index contributed by atoms with van der Waals surface area (Å²) in [6.45, 7) is 13.6. The number of halogens is 1. The average molecular weight is 373 g/mol. The zero-order valence-electron chi connectivity index (χ0n) is 15.7. The maximum absolute atomic E-state index is 10.3. The summed E-state index contributed by atoms with van der Waals surface area (Å²) in [5, 5.41) is 12.9. The highest BCUT2D eigenvalue weighted by Gasteiger charge is 2.24. The van der Waals surface area contributed by atoms with Gasteiger partial charge in [0, 0.05) is 11.1 Å². The summed E-state index contributed by atoms with van der Waals surface area (Å²) in [6.07, 6.45) is 0.358. The molecule has 0 bridgehead atoms. The third kappa shape index (κ3) is 9.04. The number of aliphatic hydroxyl groups excluding tert-OH is 1. The fourth-order valence-electron chi connectivity index (χ4n) is 2.54. The Kier molecular flexibility index (Phi) is 8.74. The van der Waals surface area contributed by atoms with E-state index in [-0.39, 0.29) is 18.1 Å². The van der Waals surface area contributed by atoms with E-state index in [4.69, 9.17) is 20.9 Å². The highest BCUT2D eigenvalue weighted by atomic mass is 35.5. The third-order valence-electron chi connectivity index (χ3n) is 3.33. The van der Waals surface area contributed by atoms with Crippen LogP contribution in [0.5, 0.6) is 5.75 Å². The molecule has 0 amide bonds. The van der Waals surface area contributed by atoms with Crippen LogP contribution >= 0.6 is 11.6 Å². The number of ether oxygens (including phenoxy) is 1. The van der Waals surface area contributed by atoms with Gasteiger partial charge in [-0.15, -0.1) is 0 Å². The SMILES string of the molecule is C[C@H](CC(C)(C)C)N(C[C@H](O)COc1cccc(Cl)c1)O[Si](C)C. The molecule has 0 saturated carbocycles. The second kappa shape index (κ2) is 9.78. The molecule has 0 heterocycles. The van der Waals surface area contributed by atoms with Crippen LogP contribution in [0.3, 0.4) is 0 Å². The molecular weight excluding hydrogens is 342 g/mol. The van der Waals surface area contributed by atoms with Gasteiger partial charge in [0.15, 0.2) is 0 Å². The van der Waals surface area contributed by atoms with Crippen LogP contribution in [0, 0.1) is 5.41 Å². The maximum atomic E-state index is 10.3. The lowest BCUT2D eigenvalue weighted by Gasteiger charge is -2.35. The van der Waals surface area contributed by atoms with Gasteiger partial charge in [-0.1, -0.05) is 38.4 Å². The van der Waals surface area contributed by atoms with Gasteiger partial charge in [0.2, 0.25) is 9.04 Å². The van der Waals surface area contributed by atoms with Crippen LogP contribution in [-0.2, 0) is 4.53 Å². The van der Waals surface area contributed by atoms with Crippen molar-refractivity contribution >= 4 is 20.6 Å². The number of rotatable bonds is 9. The van der Waals surface area contributed by atoms with Crippen LogP contribution in [0.1, 0.15) is 34.1 Å². The highest BCUT2D eigenvalue weighted by Crippen LogP contribution is 2.24. The van der Waals surface area contributed by atoms with Crippen LogP contribution in [0.2, 0.25) is 18.1 Å². The van der Waals surface area contributed by atoms with Crippen LogP contribution in [-0.4, -0.2) is 44.5 Å². The lowest BCUT2D eigenvalue weighted by atomic mass is 9.88. The molecule has 0 unspecified atom stereocenters. The Labute approximate surface area is 153 Å². The maximum Gasteiger partial charge on any atom is 0.235 e. The molecule has 6 heteroatoms. The van der Waals surface area contributed by atoms with Crippen molar-refractivity contribution in [2.75, 3.05) is 13.2 Å². The van der Waals surface area contributed by atoms with E-state index in [1.54, 1.807) is 12.1 Å². The van der Waals surface area contributed by atoms with Gasteiger partial charge in [0.05, 0.1) is 6.54 Å². The number of hydroxylamine groups is 2. The van der Waals surface area contributed by atoms with Crippen molar-refractivity contribution in [1.82, 2.24) is 5.06 Å². The highest BCUT2D eigenvalue weighted by molar-refractivity contribution is 6.48. The first kappa shape index (κ1) is 21.4. The fourth-order valence-corrected chi connectivity index (χ4v) is 3.44. The number of hydrogen-bond donors (Lipinski definition) is 1. The summed E-state index contributed by atoms with van der Waals surface area (Å²) in [5.41, 5.74) is 0.206. The number of aliphatic hydroxyl groups is 1. The zero-order chi connectivity index (χ0) is 18.3. The summed E-state index contributed by atoms with van der Waals surface area (Å²) < 4.78 is 11.6. The van der Waals surface area contributed by atoms with Gasteiger partial charge < -0.3 is 14.4 Å². The van der Waals surface area contributed by atoms with Gasteiger partial charge >= 0.3 is 0 Å². The molecule has 2 atom stereocenters. The van der Waals surface area contributed by atoms with Gasteiger partial charge in [0.25, 0.3) is 0 Å². The van der Waals surface area contributed by atoms with Gasteiger partial charge in [-0.05, 0) is 50.1 Å². The first-order valence-corrected chi connectivity index (χ1v) is 11.2. The normalized spacial score (nSPS) is 14.9. The number of benzene rings is 1. The van der Waals surface area contributed by atoms with E-state index in [2.05, 4.69) is 40.8 Å². The second-order valence-electron chi connectivity index (χ2n) is 7.64. The van der Waals surface area contributed by atoms with E-state index in [1.165, 1.54) is 0 Å². The lowest BCUT2D eigenvalue weighted by Crippen LogP contribution is -2.44. The molecule has 1 aromatic carbocycles. The quantitative estimate of drug-likeness (QED) is 0.515. The monoisotopic (exact) mass is 372 g/mol. The van der Waals surface area contributed by atoms with Gasteiger partial charge in [-0.2, -0.15) is 5.06 Å². The second-order valence-corrected chi connectivity index (χ2v) is 10.1. The molecule has 0 aliphatic carbocycles. The van der Waals surface area contributed by atoms with Crippen molar-refractivity contribution in [3.05, 3.63) is 29.3 Å². The van der Waals surface area contributed by atoms with Crippen molar-refractivity contribution < 1.29 is 14.4 Å². The van der Waals surface area contributed by atoms with Crippen molar-refractivity contribution in [2.24, 2.45) is 5.41 Å². The van der Waals surface area contributed by atoms with E-state index >= 15 is 0 Å². The molecule has 1 rings (SSSR count). The molecule has 0 aromatic heterocycles. The minimum absolute atomic E-state index is 0.206. The number of hydrogen-bond acceptors (Lipinski definition) is 4. The summed E-state index contributed by atoms with van der Waals surface area (Å²) in [5.74, 6) is 0.660. The minimum Gasteiger partial charge on any atom is -0.491 e. The van der Waals surface area contributed by atoms with E-state index < -0.39 is 15.1 Å². The molecule has 0 saturated heterocycles. The Morgan fingerprint density at radius 2 is 1.96 bits per heavy atom. The molecule has 1 N–H and O–H groups in total. The average Bonchev–Trinajstić information content (AvgIpc) is 2.42. The predicted octanol–water partition coefficient (Wildman–Crippen LogP) is 4.39. The summed E-state index contributed by atoms with van der Waals surface area (Å²) in [6, 6.07) is 7.41. The zero-order valence-corrected chi connectivity index (χ0v) is 17.4. The predicted molar refractivity (Wildman–Crippen MR) is 102 cm³/mol. The van der Waals surface area contributed by atoms with E-state index in [1.807, 2.05) is 17.2 Å². The summed E-state index contributed by atoms with van der Waals surface area (Å²) >= 11 is 5.94. The van der Waals surface area contributed by atoms with Crippen molar-refractivity contribution in [2.45, 2.75) is 59.4 Å². The van der Waals surface area contributed by atoms with Crippen LogP contribution < -0.4 is 4.74 Å². The molecule has 137 valence electrons. The van der Waals surface area contributed by atoms with Crippen LogP contribution in [0.15, 0.2) is 24.3 Å². The van der Waals surface area contributed by atoms with Crippen LogP contribution in [0.25, 0.3) is 0 Å². The topological polar surface area (TPSA) is 41.9 Å². The Hall–Kier alpha value is -0.593. The molecule has 1 radical (unpaired) electrons. The van der Waals surface area contributed by atoms with E-state index in [0.29, 0.717) is 17.3 Å². The summed E-state index contributed by atoms with van der Waals surface area (Å²) in [7, 11) is -0.893. The van der Waals surface area contributed by atoms with E-state index in [9.17, 15) is 5.11 Å². The Morgan fingerprint density at radius 3 is 2.50 bits per heavy atom. The minimum atomic E-state index is -0.893. The summed E-state index contributed by atoms with van der Waals surface area (Å²) in [4.78, 5) is 0. The third-order valence-corrected chi connectivity index (χ3v) is 4.16. The van der Waals surface area contributed by atoms with Gasteiger partial charge in [-0.3, -0.25) is 0 Å². The molecule has 0 aliphatic heterocycles. The fraction of sp³-hybridized carbons (Fsp3) is 0.667. The molecule has 1 aromatic rings. The Morgan fingerprint density at radius 1 is 1.29 bits per heavy atom. The van der Waals surface area contributed by atoms with Crippen LogP contribution in [0.4, 0.5) is 0 Å². The molecule has 24 heavy (non-hydrogen) atoms. The van der Waals surface area contributed by atoms with Gasteiger partial charge in [0.1, 0.15) is 18.5 Å². The molecular formula is C18H31ClNO3Si. The molecule has 0 fully saturated rings. The van der Waals surface area contributed by atoms with Crippen molar-refractivity contribution in [3.63, 3.8) is 0 Å². The lowest BCUT2D eigenvalue weighted by molar-refractivity contribution is -0.127. The van der Waals surface area contributed by atoms with Gasteiger partial charge in [-0.25, -0.2) is 0 Å². The molecule has 4 nitrogen and oxygen atoms in total. The number of nitrogens with zero attached hydrogens (tertiary/aromatic N) is 1.